The molecule has 0 saturated heterocycles. The zero-order chi connectivity index (χ0) is 14.6. The smallest absolute Gasteiger partial charge is 0.337 e. The third-order valence-electron chi connectivity index (χ3n) is 2.74. The van der Waals surface area contributed by atoms with Crippen LogP contribution in [-0.2, 0) is 4.79 Å². The van der Waals surface area contributed by atoms with Crippen LogP contribution >= 0.6 is 0 Å². The highest BCUT2D eigenvalue weighted by atomic mass is 16.5. The van der Waals surface area contributed by atoms with Crippen LogP contribution in [0.4, 0.5) is 5.69 Å². The van der Waals surface area contributed by atoms with Gasteiger partial charge in [0.2, 0.25) is 5.91 Å². The van der Waals surface area contributed by atoms with Gasteiger partial charge in [-0.05, 0) is 24.1 Å². The Morgan fingerprint density at radius 2 is 2.00 bits per heavy atom. The molecule has 0 aliphatic carbocycles. The van der Waals surface area contributed by atoms with E-state index in [0.717, 1.165) is 0 Å². The number of nitrogens with one attached hydrogen (secondary N) is 1. The number of hydrogen-bond donors (Lipinski definition) is 3. The van der Waals surface area contributed by atoms with E-state index in [1.807, 2.05) is 13.8 Å². The van der Waals surface area contributed by atoms with Crippen molar-refractivity contribution in [3.8, 4) is 5.75 Å². The van der Waals surface area contributed by atoms with Gasteiger partial charge in [0.1, 0.15) is 5.75 Å². The molecule has 0 unspecified atom stereocenters. The van der Waals surface area contributed by atoms with E-state index >= 15 is 0 Å². The summed E-state index contributed by atoms with van der Waals surface area (Å²) in [6, 6.07) is 3.71. The van der Waals surface area contributed by atoms with Crippen molar-refractivity contribution in [2.24, 2.45) is 11.7 Å². The minimum Gasteiger partial charge on any atom is -0.497 e. The molecule has 19 heavy (non-hydrogen) atoms. The van der Waals surface area contributed by atoms with Crippen LogP contribution in [0, 0.1) is 5.92 Å². The molecule has 0 heterocycles. The lowest BCUT2D eigenvalue weighted by Crippen LogP contribution is -2.40. The maximum Gasteiger partial charge on any atom is 0.337 e. The summed E-state index contributed by atoms with van der Waals surface area (Å²) in [5.74, 6) is -1.19. The molecule has 6 heteroatoms. The molecule has 0 radical (unpaired) electrons. The first-order chi connectivity index (χ1) is 8.86. The molecule has 0 saturated carbocycles. The fourth-order valence-corrected chi connectivity index (χ4v) is 1.46. The maximum atomic E-state index is 11.8. The molecular formula is C13H18N2O4. The summed E-state index contributed by atoms with van der Waals surface area (Å²) in [5, 5.41) is 11.6. The van der Waals surface area contributed by atoms with Crippen molar-refractivity contribution in [1.29, 1.82) is 0 Å². The minimum atomic E-state index is -1.15. The molecule has 1 atom stereocenters. The number of rotatable bonds is 5. The van der Waals surface area contributed by atoms with Crippen LogP contribution in [0.3, 0.4) is 0 Å². The summed E-state index contributed by atoms with van der Waals surface area (Å²) >= 11 is 0. The molecular weight excluding hydrogens is 248 g/mol. The number of carbonyl (C=O) groups is 2. The molecule has 104 valence electrons. The molecule has 1 aromatic carbocycles. The third-order valence-corrected chi connectivity index (χ3v) is 2.74. The number of benzene rings is 1. The summed E-state index contributed by atoms with van der Waals surface area (Å²) in [6.07, 6.45) is 0. The molecule has 0 spiro atoms. The summed E-state index contributed by atoms with van der Waals surface area (Å²) in [7, 11) is 1.44. The van der Waals surface area contributed by atoms with Gasteiger partial charge in [-0.1, -0.05) is 13.8 Å². The van der Waals surface area contributed by atoms with E-state index in [9.17, 15) is 9.59 Å². The van der Waals surface area contributed by atoms with Crippen molar-refractivity contribution in [1.82, 2.24) is 0 Å². The van der Waals surface area contributed by atoms with Crippen molar-refractivity contribution >= 4 is 17.6 Å². The minimum absolute atomic E-state index is 0.0356. The largest absolute Gasteiger partial charge is 0.497 e. The van der Waals surface area contributed by atoms with Crippen LogP contribution in [0.5, 0.6) is 5.75 Å². The van der Waals surface area contributed by atoms with E-state index in [4.69, 9.17) is 15.6 Å². The number of carboxylic acid groups (broad SMARTS) is 1. The predicted molar refractivity (Wildman–Crippen MR) is 71.4 cm³/mol. The number of anilines is 1. The highest BCUT2D eigenvalue weighted by molar-refractivity contribution is 6.02. The molecule has 1 aromatic rings. The Hall–Kier alpha value is -2.08. The lowest BCUT2D eigenvalue weighted by molar-refractivity contribution is -0.118. The van der Waals surface area contributed by atoms with E-state index in [0.29, 0.717) is 5.75 Å². The quantitative estimate of drug-likeness (QED) is 0.746. The van der Waals surface area contributed by atoms with E-state index in [2.05, 4.69) is 5.32 Å². The number of methoxy groups -OCH3 is 1. The summed E-state index contributed by atoms with van der Waals surface area (Å²) in [4.78, 5) is 23.0. The standard InChI is InChI=1S/C13H18N2O4/c1-7(2)11(14)12(16)15-10-5-4-8(19-3)6-9(10)13(17)18/h4-7,11H,14H2,1-3H3,(H,15,16)(H,17,18)/t11-/m0/s1. The first-order valence-electron chi connectivity index (χ1n) is 5.84. The Balaban J connectivity index is 3.01. The SMILES string of the molecule is COc1ccc(NC(=O)[C@@H](N)C(C)C)c(C(=O)O)c1. The van der Waals surface area contributed by atoms with Crippen molar-refractivity contribution in [2.75, 3.05) is 12.4 Å². The average molecular weight is 266 g/mol. The third kappa shape index (κ3) is 3.69. The first kappa shape index (κ1) is 15.0. The van der Waals surface area contributed by atoms with Crippen LogP contribution in [0.15, 0.2) is 18.2 Å². The highest BCUT2D eigenvalue weighted by Crippen LogP contribution is 2.22. The van der Waals surface area contributed by atoms with Crippen molar-refractivity contribution in [3.05, 3.63) is 23.8 Å². The van der Waals surface area contributed by atoms with Crippen molar-refractivity contribution < 1.29 is 19.4 Å². The lowest BCUT2D eigenvalue weighted by Gasteiger charge is -2.16. The topological polar surface area (TPSA) is 102 Å². The molecule has 4 N–H and O–H groups in total. The number of carbonyl (C=O) groups excluding carboxylic acids is 1. The fourth-order valence-electron chi connectivity index (χ4n) is 1.46. The first-order valence-corrected chi connectivity index (χ1v) is 5.84. The summed E-state index contributed by atoms with van der Waals surface area (Å²) in [5.41, 5.74) is 5.87. The van der Waals surface area contributed by atoms with Crippen LogP contribution in [0.1, 0.15) is 24.2 Å². The Kier molecular flexibility index (Phi) is 4.88. The van der Waals surface area contributed by atoms with E-state index in [1.54, 1.807) is 6.07 Å². The zero-order valence-electron chi connectivity index (χ0n) is 11.1. The second kappa shape index (κ2) is 6.19. The monoisotopic (exact) mass is 266 g/mol. The average Bonchev–Trinajstić information content (AvgIpc) is 2.37. The second-order valence-corrected chi connectivity index (χ2v) is 4.48. The number of amides is 1. The molecule has 6 nitrogen and oxygen atoms in total. The Morgan fingerprint density at radius 3 is 2.47 bits per heavy atom. The van der Waals surface area contributed by atoms with Gasteiger partial charge in [0.05, 0.1) is 24.4 Å². The second-order valence-electron chi connectivity index (χ2n) is 4.48. The lowest BCUT2D eigenvalue weighted by atomic mass is 10.0. The summed E-state index contributed by atoms with van der Waals surface area (Å²) in [6.45, 7) is 3.63. The Bertz CT molecular complexity index is 486. The molecule has 0 aliphatic heterocycles. The summed E-state index contributed by atoms with van der Waals surface area (Å²) < 4.78 is 4.95. The molecule has 0 aromatic heterocycles. The van der Waals surface area contributed by atoms with Crippen LogP contribution in [0.25, 0.3) is 0 Å². The van der Waals surface area contributed by atoms with Gasteiger partial charge >= 0.3 is 5.97 Å². The number of aromatic carboxylic acids is 1. The Labute approximate surface area is 111 Å². The number of carboxylic acids is 1. The van der Waals surface area contributed by atoms with Gasteiger partial charge in [0, 0.05) is 0 Å². The van der Waals surface area contributed by atoms with Crippen molar-refractivity contribution in [2.45, 2.75) is 19.9 Å². The molecule has 1 rings (SSSR count). The molecule has 1 amide bonds. The number of hydrogen-bond acceptors (Lipinski definition) is 4. The van der Waals surface area contributed by atoms with Crippen LogP contribution < -0.4 is 15.8 Å². The highest BCUT2D eigenvalue weighted by Gasteiger charge is 2.20. The van der Waals surface area contributed by atoms with E-state index in [-0.39, 0.29) is 17.2 Å². The van der Waals surface area contributed by atoms with E-state index < -0.39 is 17.9 Å². The maximum absolute atomic E-state index is 11.8. The van der Waals surface area contributed by atoms with Crippen molar-refractivity contribution in [3.63, 3.8) is 0 Å². The van der Waals surface area contributed by atoms with E-state index in [1.165, 1.54) is 19.2 Å². The normalized spacial score (nSPS) is 12.1. The number of nitrogens with two attached hydrogens (primary N) is 1. The fraction of sp³-hybridized carbons (Fsp3) is 0.385. The van der Waals surface area contributed by atoms with Gasteiger partial charge in [-0.25, -0.2) is 4.79 Å². The van der Waals surface area contributed by atoms with Gasteiger partial charge in [-0.3, -0.25) is 4.79 Å². The van der Waals surface area contributed by atoms with Gasteiger partial charge in [0.15, 0.2) is 0 Å². The molecule has 0 aliphatic rings. The zero-order valence-corrected chi connectivity index (χ0v) is 11.1. The van der Waals surface area contributed by atoms with Gasteiger partial charge in [0.25, 0.3) is 0 Å². The van der Waals surface area contributed by atoms with Gasteiger partial charge in [-0.15, -0.1) is 0 Å². The van der Waals surface area contributed by atoms with Crippen LogP contribution in [-0.4, -0.2) is 30.1 Å². The Morgan fingerprint density at radius 1 is 1.37 bits per heavy atom. The van der Waals surface area contributed by atoms with Crippen LogP contribution in [0.2, 0.25) is 0 Å². The molecule has 0 bridgehead atoms. The number of ether oxygens (including phenoxy) is 1. The predicted octanol–water partition coefficient (Wildman–Crippen LogP) is 1.32. The van der Waals surface area contributed by atoms with Gasteiger partial charge in [-0.2, -0.15) is 0 Å². The van der Waals surface area contributed by atoms with Gasteiger partial charge < -0.3 is 20.9 Å². The molecule has 0 fully saturated rings.